The van der Waals surface area contributed by atoms with Crippen LogP contribution in [-0.2, 0) is 21.2 Å². The van der Waals surface area contributed by atoms with Gasteiger partial charge in [0.05, 0.1) is 16.2 Å². The van der Waals surface area contributed by atoms with Crippen molar-refractivity contribution in [3.63, 3.8) is 0 Å². The number of nitrogens with one attached hydrogen (secondary N) is 2. The molecule has 2 aromatic carbocycles. The Morgan fingerprint density at radius 2 is 1.83 bits per heavy atom. The maximum absolute atomic E-state index is 12.2. The summed E-state index contributed by atoms with van der Waals surface area (Å²) in [6.07, 6.45) is 0.105. The van der Waals surface area contributed by atoms with E-state index in [1.807, 2.05) is 0 Å². The lowest BCUT2D eigenvalue weighted by Crippen LogP contribution is -2.35. The number of nitro benzene ring substituents is 1. The van der Waals surface area contributed by atoms with Crippen LogP contribution >= 0.6 is 0 Å². The molecule has 1 aliphatic heterocycles. The summed E-state index contributed by atoms with van der Waals surface area (Å²) < 4.78 is 37.6. The van der Waals surface area contributed by atoms with Crippen molar-refractivity contribution in [2.45, 2.75) is 11.3 Å². The molecule has 1 aliphatic rings. The van der Waals surface area contributed by atoms with Gasteiger partial charge in [-0.05, 0) is 23.8 Å². The smallest absolute Gasteiger partial charge is 0.270 e. The van der Waals surface area contributed by atoms with Gasteiger partial charge in [-0.2, -0.15) is 0 Å². The normalized spacial score (nSPS) is 13.0. The summed E-state index contributed by atoms with van der Waals surface area (Å²) >= 11 is 0. The van der Waals surface area contributed by atoms with E-state index >= 15 is 0 Å². The molecule has 2 aromatic rings. The van der Waals surface area contributed by atoms with Crippen molar-refractivity contribution >= 4 is 21.6 Å². The molecule has 0 spiro atoms. The number of benzene rings is 2. The van der Waals surface area contributed by atoms with Gasteiger partial charge < -0.3 is 14.8 Å². The minimum Gasteiger partial charge on any atom is -0.486 e. The molecule has 154 valence electrons. The molecule has 0 fully saturated rings. The third-order valence-corrected chi connectivity index (χ3v) is 5.51. The van der Waals surface area contributed by atoms with Gasteiger partial charge in [0, 0.05) is 25.2 Å². The third-order valence-electron chi connectivity index (χ3n) is 4.05. The number of nitro groups is 1. The highest BCUT2D eigenvalue weighted by Crippen LogP contribution is 2.30. The monoisotopic (exact) mass is 421 g/mol. The van der Waals surface area contributed by atoms with Gasteiger partial charge in [-0.1, -0.05) is 12.1 Å². The van der Waals surface area contributed by atoms with E-state index < -0.39 is 14.9 Å². The Hall–Kier alpha value is -3.18. The standard InChI is InChI=1S/C18H19N3O7S/c22-18(11-13-4-5-16-17(10-13)28-9-8-27-16)19-6-7-20-29(25,26)15-3-1-2-14(12-15)21(23)24/h1-5,10,12,20H,6-9,11H2,(H,19,22). The Morgan fingerprint density at radius 1 is 1.07 bits per heavy atom. The Kier molecular flexibility index (Phi) is 6.29. The number of nitrogens with zero attached hydrogens (tertiary/aromatic N) is 1. The first kappa shape index (κ1) is 20.6. The largest absolute Gasteiger partial charge is 0.486 e. The van der Waals surface area contributed by atoms with Crippen molar-refractivity contribution in [2.24, 2.45) is 0 Å². The van der Waals surface area contributed by atoms with E-state index in [1.54, 1.807) is 18.2 Å². The van der Waals surface area contributed by atoms with Crippen LogP contribution in [0.15, 0.2) is 47.4 Å². The quantitative estimate of drug-likeness (QED) is 0.369. The number of rotatable bonds is 8. The average Bonchev–Trinajstić information content (AvgIpc) is 2.71. The van der Waals surface area contributed by atoms with Gasteiger partial charge in [-0.3, -0.25) is 14.9 Å². The molecule has 0 aromatic heterocycles. The molecule has 0 bridgehead atoms. The zero-order valence-corrected chi connectivity index (χ0v) is 16.1. The summed E-state index contributed by atoms with van der Waals surface area (Å²) in [4.78, 5) is 21.9. The molecule has 0 saturated carbocycles. The van der Waals surface area contributed by atoms with Crippen LogP contribution in [-0.4, -0.2) is 45.6 Å². The van der Waals surface area contributed by atoms with Gasteiger partial charge in [0.15, 0.2) is 11.5 Å². The molecule has 0 unspecified atom stereocenters. The van der Waals surface area contributed by atoms with Gasteiger partial charge in [-0.15, -0.1) is 0 Å². The first-order valence-corrected chi connectivity index (χ1v) is 10.2. The minimum absolute atomic E-state index is 0.0576. The minimum atomic E-state index is -3.92. The van der Waals surface area contributed by atoms with E-state index in [2.05, 4.69) is 10.0 Å². The Bertz CT molecular complexity index is 1020. The fourth-order valence-corrected chi connectivity index (χ4v) is 3.75. The highest BCUT2D eigenvalue weighted by molar-refractivity contribution is 7.89. The summed E-state index contributed by atoms with van der Waals surface area (Å²) in [5.74, 6) is 0.943. The molecule has 0 radical (unpaired) electrons. The molecular formula is C18H19N3O7S. The molecule has 3 rings (SSSR count). The van der Waals surface area contributed by atoms with Gasteiger partial charge in [-0.25, -0.2) is 13.1 Å². The lowest BCUT2D eigenvalue weighted by molar-refractivity contribution is -0.385. The Balaban J connectivity index is 1.48. The summed E-state index contributed by atoms with van der Waals surface area (Å²) in [7, 11) is -3.92. The number of non-ortho nitro benzene ring substituents is 1. The lowest BCUT2D eigenvalue weighted by Gasteiger charge is -2.18. The number of ether oxygens (including phenoxy) is 2. The maximum Gasteiger partial charge on any atom is 0.270 e. The van der Waals surface area contributed by atoms with Crippen LogP contribution in [0.5, 0.6) is 11.5 Å². The van der Waals surface area contributed by atoms with Gasteiger partial charge >= 0.3 is 0 Å². The fraction of sp³-hybridized carbons (Fsp3) is 0.278. The molecular weight excluding hydrogens is 402 g/mol. The van der Waals surface area contributed by atoms with E-state index in [0.29, 0.717) is 24.7 Å². The van der Waals surface area contributed by atoms with Crippen LogP contribution in [0.3, 0.4) is 0 Å². The zero-order valence-electron chi connectivity index (χ0n) is 15.3. The zero-order chi connectivity index (χ0) is 20.9. The third kappa shape index (κ3) is 5.42. The van der Waals surface area contributed by atoms with Crippen LogP contribution in [0, 0.1) is 10.1 Å². The fourth-order valence-electron chi connectivity index (χ4n) is 2.68. The first-order chi connectivity index (χ1) is 13.8. The van der Waals surface area contributed by atoms with Gasteiger partial charge in [0.2, 0.25) is 15.9 Å². The summed E-state index contributed by atoms with van der Waals surface area (Å²) in [6.45, 7) is 0.946. The van der Waals surface area contributed by atoms with Gasteiger partial charge in [0.25, 0.3) is 5.69 Å². The van der Waals surface area contributed by atoms with Crippen molar-refractivity contribution in [2.75, 3.05) is 26.3 Å². The Morgan fingerprint density at radius 3 is 2.59 bits per heavy atom. The highest BCUT2D eigenvalue weighted by atomic mass is 32.2. The van der Waals surface area contributed by atoms with Crippen LogP contribution in [0.25, 0.3) is 0 Å². The number of carbonyl (C=O) groups excluding carboxylic acids is 1. The molecule has 1 heterocycles. The Labute approximate surface area is 167 Å². The second kappa shape index (κ2) is 8.88. The summed E-state index contributed by atoms with van der Waals surface area (Å²) in [5, 5.41) is 13.4. The predicted octanol–water partition coefficient (Wildman–Crippen LogP) is 1.00. The highest BCUT2D eigenvalue weighted by Gasteiger charge is 2.17. The molecule has 0 aliphatic carbocycles. The molecule has 29 heavy (non-hydrogen) atoms. The second-order valence-corrected chi connectivity index (χ2v) is 7.92. The van der Waals surface area contributed by atoms with Crippen molar-refractivity contribution in [1.29, 1.82) is 0 Å². The summed E-state index contributed by atoms with van der Waals surface area (Å²) in [5.41, 5.74) is 0.421. The summed E-state index contributed by atoms with van der Waals surface area (Å²) in [6, 6.07) is 9.97. The van der Waals surface area contributed by atoms with Gasteiger partial charge in [0.1, 0.15) is 13.2 Å². The molecule has 2 N–H and O–H groups in total. The SMILES string of the molecule is O=C(Cc1ccc2c(c1)OCCO2)NCCNS(=O)(=O)c1cccc([N+](=O)[O-])c1. The predicted molar refractivity (Wildman–Crippen MR) is 102 cm³/mol. The van der Waals surface area contributed by atoms with Crippen LogP contribution < -0.4 is 19.5 Å². The number of amides is 1. The number of carbonyl (C=O) groups is 1. The molecule has 0 atom stereocenters. The molecule has 11 heteroatoms. The molecule has 10 nitrogen and oxygen atoms in total. The van der Waals surface area contributed by atoms with Crippen LogP contribution in [0.1, 0.15) is 5.56 Å². The van der Waals surface area contributed by atoms with E-state index in [4.69, 9.17) is 9.47 Å². The van der Waals surface area contributed by atoms with E-state index in [1.165, 1.54) is 18.2 Å². The van der Waals surface area contributed by atoms with Crippen molar-refractivity contribution in [1.82, 2.24) is 10.0 Å². The average molecular weight is 421 g/mol. The van der Waals surface area contributed by atoms with Crippen molar-refractivity contribution in [3.05, 3.63) is 58.1 Å². The number of hydrogen-bond donors (Lipinski definition) is 2. The van der Waals surface area contributed by atoms with Crippen molar-refractivity contribution < 1.29 is 27.6 Å². The first-order valence-electron chi connectivity index (χ1n) is 8.74. The van der Waals surface area contributed by atoms with Crippen LogP contribution in [0.2, 0.25) is 0 Å². The topological polar surface area (TPSA) is 137 Å². The number of fused-ring (bicyclic) bond motifs is 1. The van der Waals surface area contributed by atoms with E-state index in [0.717, 1.165) is 11.6 Å². The number of hydrogen-bond acceptors (Lipinski definition) is 7. The number of sulfonamides is 1. The molecule has 0 saturated heterocycles. The van der Waals surface area contributed by atoms with Crippen molar-refractivity contribution in [3.8, 4) is 11.5 Å². The molecule has 1 amide bonds. The van der Waals surface area contributed by atoms with E-state index in [-0.39, 0.29) is 36.0 Å². The lowest BCUT2D eigenvalue weighted by atomic mass is 10.1. The van der Waals surface area contributed by atoms with Crippen LogP contribution in [0.4, 0.5) is 5.69 Å². The second-order valence-electron chi connectivity index (χ2n) is 6.16. The van der Waals surface area contributed by atoms with E-state index in [9.17, 15) is 23.3 Å². The maximum atomic E-state index is 12.2.